The summed E-state index contributed by atoms with van der Waals surface area (Å²) >= 11 is 0. The molecule has 4 rings (SSSR count). The van der Waals surface area contributed by atoms with Crippen LogP contribution in [0.4, 0.5) is 10.1 Å². The number of benzene rings is 3. The molecule has 1 aliphatic heterocycles. The van der Waals surface area contributed by atoms with Crippen LogP contribution in [0.5, 0.6) is 5.75 Å². The number of carbonyl (C=O) groups is 2. The van der Waals surface area contributed by atoms with Crippen LogP contribution < -0.4 is 15.4 Å². The Balaban J connectivity index is 1.60. The molecule has 1 heterocycles. The highest BCUT2D eigenvalue weighted by atomic mass is 19.1. The zero-order chi connectivity index (χ0) is 23.6. The van der Waals surface area contributed by atoms with E-state index in [0.717, 1.165) is 29.0 Å². The smallest absolute Gasteiger partial charge is 0.255 e. The van der Waals surface area contributed by atoms with Crippen LogP contribution in [-0.2, 0) is 6.42 Å². The molecule has 168 valence electrons. The number of hydrogen-bond donors (Lipinski definition) is 2. The fourth-order valence-electron chi connectivity index (χ4n) is 3.92. The molecule has 1 aliphatic rings. The summed E-state index contributed by atoms with van der Waals surface area (Å²) in [6, 6.07) is 17.9. The first-order valence-electron chi connectivity index (χ1n) is 10.6. The van der Waals surface area contributed by atoms with Crippen molar-refractivity contribution in [2.24, 2.45) is 0 Å². The van der Waals surface area contributed by atoms with Gasteiger partial charge < -0.3 is 15.4 Å². The zero-order valence-electron chi connectivity index (χ0n) is 18.7. The summed E-state index contributed by atoms with van der Waals surface area (Å²) in [5.41, 5.74) is 3.84. The number of allylic oxidation sites excluding steroid dienone is 1. The van der Waals surface area contributed by atoms with Crippen molar-refractivity contribution in [1.82, 2.24) is 5.32 Å². The summed E-state index contributed by atoms with van der Waals surface area (Å²) in [6.07, 6.45) is 2.41. The minimum Gasteiger partial charge on any atom is -0.497 e. The van der Waals surface area contributed by atoms with Gasteiger partial charge >= 0.3 is 0 Å². The number of rotatable bonds is 5. The Hall–Kier alpha value is -3.93. The number of halogens is 1. The normalized spacial score (nSPS) is 15.3. The molecule has 0 aliphatic carbocycles. The van der Waals surface area contributed by atoms with Gasteiger partial charge in [-0.15, -0.1) is 0 Å². The highest BCUT2D eigenvalue weighted by Crippen LogP contribution is 2.32. The van der Waals surface area contributed by atoms with E-state index in [0.29, 0.717) is 16.8 Å². The number of ketones is 1. The van der Waals surface area contributed by atoms with Crippen LogP contribution in [0.25, 0.3) is 5.70 Å². The Morgan fingerprint density at radius 2 is 1.79 bits per heavy atom. The van der Waals surface area contributed by atoms with Gasteiger partial charge in [0.25, 0.3) is 5.91 Å². The van der Waals surface area contributed by atoms with Crippen molar-refractivity contribution < 1.29 is 18.7 Å². The molecule has 5 nitrogen and oxygen atoms in total. The molecule has 0 aromatic heterocycles. The number of carbonyl (C=O) groups excluding carboxylic acids is 2. The molecule has 0 radical (unpaired) electrons. The van der Waals surface area contributed by atoms with Gasteiger partial charge in [0.1, 0.15) is 11.6 Å². The average molecular weight is 445 g/mol. The predicted molar refractivity (Wildman–Crippen MR) is 127 cm³/mol. The average Bonchev–Trinajstić information content (AvgIpc) is 2.78. The molecule has 0 unspecified atom stereocenters. The summed E-state index contributed by atoms with van der Waals surface area (Å²) in [5.74, 6) is -0.262. The number of hydrogen-bond acceptors (Lipinski definition) is 4. The van der Waals surface area contributed by atoms with Crippen molar-refractivity contribution in [3.63, 3.8) is 0 Å². The van der Waals surface area contributed by atoms with Crippen LogP contribution >= 0.6 is 0 Å². The summed E-state index contributed by atoms with van der Waals surface area (Å²) < 4.78 is 18.5. The molecular weight excluding hydrogens is 419 g/mol. The maximum atomic E-state index is 13.1. The van der Waals surface area contributed by atoms with Crippen molar-refractivity contribution in [2.45, 2.75) is 25.8 Å². The van der Waals surface area contributed by atoms with Crippen LogP contribution in [0.3, 0.4) is 0 Å². The first-order chi connectivity index (χ1) is 15.7. The van der Waals surface area contributed by atoms with E-state index in [1.807, 2.05) is 18.2 Å². The van der Waals surface area contributed by atoms with E-state index >= 15 is 0 Å². The second kappa shape index (κ2) is 8.90. The lowest BCUT2D eigenvalue weighted by Crippen LogP contribution is -2.43. The standard InChI is InChI=1S/C27H25FN2O3/c1-27(2)16-19-9-12-22(33-3)14-23(19)24(30-27)15-25(31)18-5-4-6-21(13-18)29-26(32)17-7-10-20(28)11-8-17/h4-15,30H,16H2,1-3H3,(H,29,32). The summed E-state index contributed by atoms with van der Waals surface area (Å²) in [7, 11) is 1.61. The molecule has 0 bridgehead atoms. The van der Waals surface area contributed by atoms with Crippen LogP contribution in [0.1, 0.15) is 45.7 Å². The Bertz CT molecular complexity index is 1250. The predicted octanol–water partition coefficient (Wildman–Crippen LogP) is 5.23. The third-order valence-electron chi connectivity index (χ3n) is 5.50. The molecule has 3 aromatic carbocycles. The number of methoxy groups -OCH3 is 1. The fourth-order valence-corrected chi connectivity index (χ4v) is 3.92. The van der Waals surface area contributed by atoms with Gasteiger partial charge in [0.05, 0.1) is 7.11 Å². The third-order valence-corrected chi connectivity index (χ3v) is 5.50. The maximum absolute atomic E-state index is 13.1. The molecule has 0 saturated carbocycles. The van der Waals surface area contributed by atoms with E-state index in [1.165, 1.54) is 24.3 Å². The minimum absolute atomic E-state index is 0.193. The molecule has 0 atom stereocenters. The number of fused-ring (bicyclic) bond motifs is 1. The van der Waals surface area contributed by atoms with Gasteiger partial charge in [0.2, 0.25) is 0 Å². The topological polar surface area (TPSA) is 67.4 Å². The lowest BCUT2D eigenvalue weighted by molar-refractivity contribution is 0.102. The SMILES string of the molecule is COc1ccc2c(c1)C(=CC(=O)c1cccc(NC(=O)c3ccc(F)cc3)c1)NC(C)(C)C2. The molecule has 1 amide bonds. The molecular formula is C27H25FN2O3. The maximum Gasteiger partial charge on any atom is 0.255 e. The minimum atomic E-state index is -0.411. The molecule has 33 heavy (non-hydrogen) atoms. The highest BCUT2D eigenvalue weighted by Gasteiger charge is 2.28. The molecule has 6 heteroatoms. The Morgan fingerprint density at radius 1 is 1.03 bits per heavy atom. The number of amides is 1. The van der Waals surface area contributed by atoms with Crippen molar-refractivity contribution in [3.05, 3.63) is 101 Å². The van der Waals surface area contributed by atoms with E-state index in [-0.39, 0.29) is 17.2 Å². The van der Waals surface area contributed by atoms with E-state index in [1.54, 1.807) is 37.5 Å². The van der Waals surface area contributed by atoms with Crippen molar-refractivity contribution >= 4 is 23.1 Å². The first-order valence-corrected chi connectivity index (χ1v) is 10.6. The van der Waals surface area contributed by atoms with Gasteiger partial charge in [-0.25, -0.2) is 4.39 Å². The lowest BCUT2D eigenvalue weighted by Gasteiger charge is -2.35. The Morgan fingerprint density at radius 3 is 2.52 bits per heavy atom. The van der Waals surface area contributed by atoms with Gasteiger partial charge in [-0.3, -0.25) is 9.59 Å². The van der Waals surface area contributed by atoms with Gasteiger partial charge in [-0.05, 0) is 74.4 Å². The van der Waals surface area contributed by atoms with E-state index in [4.69, 9.17) is 4.74 Å². The largest absolute Gasteiger partial charge is 0.497 e. The third kappa shape index (κ3) is 5.12. The second-order valence-electron chi connectivity index (χ2n) is 8.67. The quantitative estimate of drug-likeness (QED) is 0.418. The van der Waals surface area contributed by atoms with Crippen LogP contribution in [-0.4, -0.2) is 24.3 Å². The van der Waals surface area contributed by atoms with Gasteiger partial charge in [-0.2, -0.15) is 0 Å². The van der Waals surface area contributed by atoms with Crippen molar-refractivity contribution in [1.29, 1.82) is 0 Å². The monoisotopic (exact) mass is 444 g/mol. The van der Waals surface area contributed by atoms with Crippen molar-refractivity contribution in [3.8, 4) is 5.75 Å². The summed E-state index contributed by atoms with van der Waals surface area (Å²) in [4.78, 5) is 25.6. The van der Waals surface area contributed by atoms with E-state index < -0.39 is 5.82 Å². The molecule has 2 N–H and O–H groups in total. The first kappa shape index (κ1) is 22.3. The van der Waals surface area contributed by atoms with Crippen LogP contribution in [0, 0.1) is 5.82 Å². The fraction of sp³-hybridized carbons (Fsp3) is 0.185. The Labute approximate surface area is 192 Å². The van der Waals surface area contributed by atoms with Gasteiger partial charge in [-0.1, -0.05) is 18.2 Å². The lowest BCUT2D eigenvalue weighted by atomic mass is 9.85. The zero-order valence-corrected chi connectivity index (χ0v) is 18.7. The van der Waals surface area contributed by atoms with Crippen molar-refractivity contribution in [2.75, 3.05) is 12.4 Å². The van der Waals surface area contributed by atoms with Gasteiger partial charge in [0.15, 0.2) is 5.78 Å². The number of nitrogens with one attached hydrogen (secondary N) is 2. The van der Waals surface area contributed by atoms with E-state index in [2.05, 4.69) is 24.5 Å². The number of anilines is 1. The van der Waals surface area contributed by atoms with Crippen LogP contribution in [0.2, 0.25) is 0 Å². The van der Waals surface area contributed by atoms with Gasteiger partial charge in [0, 0.05) is 39.7 Å². The summed E-state index contributed by atoms with van der Waals surface area (Å²) in [6.45, 7) is 4.17. The molecule has 0 fully saturated rings. The van der Waals surface area contributed by atoms with E-state index in [9.17, 15) is 14.0 Å². The molecule has 0 saturated heterocycles. The highest BCUT2D eigenvalue weighted by molar-refractivity contribution is 6.10. The Kier molecular flexibility index (Phi) is 6.01. The number of ether oxygens (including phenoxy) is 1. The second-order valence-corrected chi connectivity index (χ2v) is 8.67. The molecule has 3 aromatic rings. The van der Waals surface area contributed by atoms with Crippen LogP contribution in [0.15, 0.2) is 72.8 Å². The summed E-state index contributed by atoms with van der Waals surface area (Å²) in [5, 5.41) is 6.21. The molecule has 0 spiro atoms.